The van der Waals surface area contributed by atoms with E-state index in [0.29, 0.717) is 41.4 Å². The molecule has 0 spiro atoms. The maximum atomic E-state index is 13.2. The molecule has 4 rings (SSSR count). The number of amides is 2. The van der Waals surface area contributed by atoms with Gasteiger partial charge in [0, 0.05) is 29.5 Å². The number of primary amides is 1. The molecule has 11 nitrogen and oxygen atoms in total. The molecule has 1 heterocycles. The molecule has 0 atom stereocenters. The Bertz CT molecular complexity index is 1520. The quantitative estimate of drug-likeness (QED) is 0.285. The number of ether oxygens (including phenoxy) is 1. The normalized spacial score (nSPS) is 18.0. The van der Waals surface area contributed by atoms with Crippen LogP contribution in [0, 0.1) is 12.8 Å². The SMILES string of the molecule is COc1ccc(-n2nc(C)cc2C(=O)Nc2ccc(C(N)=NC3CCC(C(N)=O)CC3)cc2)c(S(C)(=O)=O)c1. The van der Waals surface area contributed by atoms with Gasteiger partial charge in [-0.25, -0.2) is 13.1 Å². The Morgan fingerprint density at radius 1 is 1.05 bits per heavy atom. The molecule has 1 aliphatic carbocycles. The van der Waals surface area contributed by atoms with E-state index in [1.165, 1.54) is 17.9 Å². The Morgan fingerprint density at radius 2 is 1.72 bits per heavy atom. The van der Waals surface area contributed by atoms with Crippen LogP contribution in [-0.4, -0.2) is 55.3 Å². The first-order chi connectivity index (χ1) is 18.5. The standard InChI is InChI=1S/C27H32N6O5S/c1-16-14-23(33(32-16)22-13-12-21(38-2)15-24(22)39(3,36)37)27(35)31-20-8-4-17(5-9-20)25(28)30-19-10-6-18(7-11-19)26(29)34/h4-5,8-9,12-15,18-19H,6-7,10-11H2,1-3H3,(H2,28,30)(H2,29,34)(H,31,35). The number of rotatable bonds is 8. The van der Waals surface area contributed by atoms with Gasteiger partial charge in [-0.15, -0.1) is 0 Å². The monoisotopic (exact) mass is 552 g/mol. The van der Waals surface area contributed by atoms with E-state index in [1.54, 1.807) is 49.4 Å². The zero-order valence-corrected chi connectivity index (χ0v) is 22.9. The molecule has 0 saturated heterocycles. The molecule has 0 unspecified atom stereocenters. The van der Waals surface area contributed by atoms with Gasteiger partial charge in [0.25, 0.3) is 5.91 Å². The molecule has 2 aromatic carbocycles. The number of aliphatic imine (C=N–C) groups is 1. The second-order valence-corrected chi connectivity index (χ2v) is 11.6. The third-order valence-corrected chi connectivity index (χ3v) is 7.84. The van der Waals surface area contributed by atoms with Gasteiger partial charge >= 0.3 is 0 Å². The minimum atomic E-state index is -3.65. The molecule has 0 aliphatic heterocycles. The Labute approximate surface area is 227 Å². The van der Waals surface area contributed by atoms with Crippen LogP contribution in [0.5, 0.6) is 5.75 Å². The average molecular weight is 553 g/mol. The number of nitrogens with two attached hydrogens (primary N) is 2. The number of carbonyl (C=O) groups is 2. The Hall–Kier alpha value is -4.19. The lowest BCUT2D eigenvalue weighted by Crippen LogP contribution is -2.29. The number of benzene rings is 2. The molecule has 206 valence electrons. The summed E-state index contributed by atoms with van der Waals surface area (Å²) in [6.07, 6.45) is 4.01. The number of hydrogen-bond acceptors (Lipinski definition) is 7. The van der Waals surface area contributed by atoms with Crippen LogP contribution < -0.4 is 21.5 Å². The summed E-state index contributed by atoms with van der Waals surface area (Å²) in [7, 11) is -2.21. The molecular weight excluding hydrogens is 520 g/mol. The fourth-order valence-electron chi connectivity index (χ4n) is 4.62. The largest absolute Gasteiger partial charge is 0.497 e. The summed E-state index contributed by atoms with van der Waals surface area (Å²) in [4.78, 5) is 29.2. The van der Waals surface area contributed by atoms with Gasteiger partial charge in [0.2, 0.25) is 5.91 Å². The van der Waals surface area contributed by atoms with Crippen LogP contribution in [0.15, 0.2) is 58.4 Å². The lowest BCUT2D eigenvalue weighted by molar-refractivity contribution is -0.122. The van der Waals surface area contributed by atoms with E-state index in [-0.39, 0.29) is 34.1 Å². The van der Waals surface area contributed by atoms with Crippen LogP contribution >= 0.6 is 0 Å². The maximum Gasteiger partial charge on any atom is 0.274 e. The Morgan fingerprint density at radius 3 is 2.31 bits per heavy atom. The smallest absolute Gasteiger partial charge is 0.274 e. The first-order valence-corrected chi connectivity index (χ1v) is 14.3. The molecule has 1 aromatic heterocycles. The number of hydrogen-bond donors (Lipinski definition) is 3. The number of amidine groups is 1. The van der Waals surface area contributed by atoms with Crippen molar-refractivity contribution < 1.29 is 22.7 Å². The van der Waals surface area contributed by atoms with Gasteiger partial charge in [-0.2, -0.15) is 5.10 Å². The van der Waals surface area contributed by atoms with Crippen molar-refractivity contribution in [1.29, 1.82) is 0 Å². The fraction of sp³-hybridized carbons (Fsp3) is 0.333. The van der Waals surface area contributed by atoms with E-state index < -0.39 is 15.7 Å². The number of nitrogens with zero attached hydrogens (tertiary/aromatic N) is 3. The summed E-state index contributed by atoms with van der Waals surface area (Å²) in [6, 6.07) is 13.1. The fourth-order valence-corrected chi connectivity index (χ4v) is 5.48. The summed E-state index contributed by atoms with van der Waals surface area (Å²) in [6.45, 7) is 1.72. The van der Waals surface area contributed by atoms with Gasteiger partial charge in [0.15, 0.2) is 9.84 Å². The highest BCUT2D eigenvalue weighted by Crippen LogP contribution is 2.28. The van der Waals surface area contributed by atoms with E-state index in [1.807, 2.05) is 0 Å². The van der Waals surface area contributed by atoms with Crippen LogP contribution in [0.1, 0.15) is 47.4 Å². The van der Waals surface area contributed by atoms with Crippen molar-refractivity contribution in [3.8, 4) is 11.4 Å². The number of anilines is 1. The molecule has 1 fully saturated rings. The lowest BCUT2D eigenvalue weighted by Gasteiger charge is -2.24. The first-order valence-electron chi connectivity index (χ1n) is 12.5. The Kier molecular flexibility index (Phi) is 8.05. The molecule has 3 aromatic rings. The van der Waals surface area contributed by atoms with E-state index >= 15 is 0 Å². The van der Waals surface area contributed by atoms with Crippen LogP contribution in [-0.2, 0) is 14.6 Å². The van der Waals surface area contributed by atoms with Crippen molar-refractivity contribution in [1.82, 2.24) is 9.78 Å². The van der Waals surface area contributed by atoms with Crippen LogP contribution in [0.25, 0.3) is 5.69 Å². The van der Waals surface area contributed by atoms with Gasteiger partial charge in [-0.1, -0.05) is 0 Å². The molecular formula is C27H32N6O5S. The number of methoxy groups -OCH3 is 1. The highest BCUT2D eigenvalue weighted by molar-refractivity contribution is 7.90. The average Bonchev–Trinajstić information content (AvgIpc) is 3.30. The van der Waals surface area contributed by atoms with Gasteiger partial charge in [-0.3, -0.25) is 14.6 Å². The van der Waals surface area contributed by atoms with Crippen molar-refractivity contribution in [3.05, 3.63) is 65.5 Å². The van der Waals surface area contributed by atoms with Crippen molar-refractivity contribution in [2.75, 3.05) is 18.7 Å². The number of carbonyl (C=O) groups excluding carboxylic acids is 2. The van der Waals surface area contributed by atoms with E-state index in [0.717, 1.165) is 19.1 Å². The molecule has 1 aliphatic rings. The molecule has 39 heavy (non-hydrogen) atoms. The highest BCUT2D eigenvalue weighted by Gasteiger charge is 2.25. The van der Waals surface area contributed by atoms with Crippen molar-refractivity contribution in [3.63, 3.8) is 0 Å². The first kappa shape index (κ1) is 27.8. The third kappa shape index (κ3) is 6.45. The van der Waals surface area contributed by atoms with E-state index in [4.69, 9.17) is 16.2 Å². The van der Waals surface area contributed by atoms with Crippen LogP contribution in [0.3, 0.4) is 0 Å². The number of aromatic nitrogens is 2. The number of sulfone groups is 1. The topological polar surface area (TPSA) is 172 Å². The van der Waals surface area contributed by atoms with Crippen LogP contribution in [0.4, 0.5) is 5.69 Å². The number of nitrogens with one attached hydrogen (secondary N) is 1. The minimum Gasteiger partial charge on any atom is -0.497 e. The van der Waals surface area contributed by atoms with Crippen molar-refractivity contribution in [2.45, 2.75) is 43.5 Å². The minimum absolute atomic E-state index is 0.0128. The van der Waals surface area contributed by atoms with Gasteiger partial charge in [0.1, 0.15) is 17.3 Å². The van der Waals surface area contributed by atoms with Crippen molar-refractivity contribution in [2.24, 2.45) is 22.4 Å². The summed E-state index contributed by atoms with van der Waals surface area (Å²) in [5.41, 5.74) is 13.8. The van der Waals surface area contributed by atoms with E-state index in [2.05, 4.69) is 15.4 Å². The zero-order valence-electron chi connectivity index (χ0n) is 22.0. The predicted octanol–water partition coefficient (Wildman–Crippen LogP) is 2.59. The van der Waals surface area contributed by atoms with E-state index in [9.17, 15) is 18.0 Å². The van der Waals surface area contributed by atoms with Gasteiger partial charge in [0.05, 0.1) is 29.4 Å². The Balaban J connectivity index is 1.52. The number of aryl methyl sites for hydroxylation is 1. The highest BCUT2D eigenvalue weighted by atomic mass is 32.2. The van der Waals surface area contributed by atoms with Crippen molar-refractivity contribution >= 4 is 33.2 Å². The summed E-state index contributed by atoms with van der Waals surface area (Å²) < 4.78 is 31.5. The molecule has 5 N–H and O–H groups in total. The molecule has 2 amide bonds. The summed E-state index contributed by atoms with van der Waals surface area (Å²) >= 11 is 0. The zero-order chi connectivity index (χ0) is 28.3. The molecule has 0 radical (unpaired) electrons. The summed E-state index contributed by atoms with van der Waals surface area (Å²) in [5.74, 6) is -0.0666. The lowest BCUT2D eigenvalue weighted by atomic mass is 9.86. The second kappa shape index (κ2) is 11.3. The molecule has 1 saturated carbocycles. The maximum absolute atomic E-state index is 13.2. The third-order valence-electron chi connectivity index (χ3n) is 6.72. The van der Waals surface area contributed by atoms with Crippen LogP contribution in [0.2, 0.25) is 0 Å². The van der Waals surface area contributed by atoms with Gasteiger partial charge < -0.3 is 21.5 Å². The summed E-state index contributed by atoms with van der Waals surface area (Å²) in [5, 5.41) is 7.20. The second-order valence-electron chi connectivity index (χ2n) is 9.64. The molecule has 0 bridgehead atoms. The van der Waals surface area contributed by atoms with Gasteiger partial charge in [-0.05, 0) is 75.1 Å². The molecule has 12 heteroatoms. The predicted molar refractivity (Wildman–Crippen MR) is 148 cm³/mol.